The van der Waals surface area contributed by atoms with Crippen molar-refractivity contribution in [2.75, 3.05) is 11.1 Å². The lowest BCUT2D eigenvalue weighted by molar-refractivity contribution is -0.114. The van der Waals surface area contributed by atoms with E-state index in [0.29, 0.717) is 0 Å². The van der Waals surface area contributed by atoms with Crippen LogP contribution in [0, 0.1) is 6.92 Å². The second-order valence-corrected chi connectivity index (χ2v) is 5.38. The summed E-state index contributed by atoms with van der Waals surface area (Å²) in [6, 6.07) is 7.65. The van der Waals surface area contributed by atoms with E-state index in [-0.39, 0.29) is 5.91 Å². The number of fused-ring (bicyclic) bond motifs is 1. The van der Waals surface area contributed by atoms with Crippen molar-refractivity contribution in [3.8, 4) is 0 Å². The maximum atomic E-state index is 11.0. The molecule has 3 rings (SSSR count). The number of anilines is 1. The number of nitrogens with one attached hydrogen (secondary N) is 1. The average molecular weight is 287 g/mol. The minimum atomic E-state index is -0.0759. The second-order valence-electron chi connectivity index (χ2n) is 4.44. The molecular formula is C13H13N5OS. The Morgan fingerprint density at radius 2 is 2.05 bits per heavy atom. The Balaban J connectivity index is 1.89. The predicted octanol–water partition coefficient (Wildman–Crippen LogP) is 1.90. The molecule has 0 radical (unpaired) electrons. The van der Waals surface area contributed by atoms with Crippen LogP contribution in [0.2, 0.25) is 0 Å². The quantitative estimate of drug-likeness (QED) is 0.915. The molecule has 20 heavy (non-hydrogen) atoms. The summed E-state index contributed by atoms with van der Waals surface area (Å²) in [6.45, 7) is 3.37. The van der Waals surface area contributed by atoms with Crippen LogP contribution in [0.15, 0.2) is 34.5 Å². The molecule has 1 N–H and O–H groups in total. The van der Waals surface area contributed by atoms with E-state index >= 15 is 0 Å². The lowest BCUT2D eigenvalue weighted by Crippen LogP contribution is -2.14. The summed E-state index contributed by atoms with van der Waals surface area (Å²) >= 11 is 1.62. The molecule has 7 heteroatoms. The van der Waals surface area contributed by atoms with Crippen molar-refractivity contribution in [3.63, 3.8) is 0 Å². The number of rotatable bonds is 2. The molecule has 1 aromatic heterocycles. The van der Waals surface area contributed by atoms with Crippen LogP contribution in [0.4, 0.5) is 5.69 Å². The van der Waals surface area contributed by atoms with Gasteiger partial charge in [-0.05, 0) is 24.6 Å². The fraction of sp³-hybridized carbons (Fsp3) is 0.231. The van der Waals surface area contributed by atoms with Gasteiger partial charge in [-0.2, -0.15) is 9.78 Å². The van der Waals surface area contributed by atoms with E-state index in [0.717, 1.165) is 33.7 Å². The topological polar surface area (TPSA) is 72.2 Å². The van der Waals surface area contributed by atoms with Gasteiger partial charge in [-0.25, -0.2) is 0 Å². The zero-order valence-corrected chi connectivity index (χ0v) is 11.9. The number of hydrogen-bond acceptors (Lipinski definition) is 5. The third-order valence-electron chi connectivity index (χ3n) is 2.87. The molecule has 1 amide bonds. The van der Waals surface area contributed by atoms with Gasteiger partial charge in [0.1, 0.15) is 0 Å². The number of nitrogens with zero attached hydrogens (tertiary/aromatic N) is 4. The van der Waals surface area contributed by atoms with Gasteiger partial charge in [0.25, 0.3) is 0 Å². The van der Waals surface area contributed by atoms with Gasteiger partial charge in [0.15, 0.2) is 5.82 Å². The molecule has 2 heterocycles. The number of hydrogen-bond donors (Lipinski definition) is 1. The van der Waals surface area contributed by atoms with Gasteiger partial charge in [0, 0.05) is 18.4 Å². The Morgan fingerprint density at radius 1 is 1.30 bits per heavy atom. The number of carbonyl (C=O) groups is 1. The Morgan fingerprint density at radius 3 is 2.75 bits per heavy atom. The highest BCUT2D eigenvalue weighted by Gasteiger charge is 2.17. The normalized spacial score (nSPS) is 13.6. The molecule has 1 aliphatic heterocycles. The van der Waals surface area contributed by atoms with Crippen LogP contribution < -0.4 is 5.32 Å². The number of thioether (sulfide) groups is 1. The van der Waals surface area contributed by atoms with Crippen molar-refractivity contribution in [2.24, 2.45) is 5.10 Å². The third-order valence-corrected chi connectivity index (χ3v) is 3.80. The van der Waals surface area contributed by atoms with Crippen LogP contribution in [0.5, 0.6) is 0 Å². The second kappa shape index (κ2) is 5.09. The van der Waals surface area contributed by atoms with E-state index in [9.17, 15) is 4.79 Å². The van der Waals surface area contributed by atoms with Crippen LogP contribution in [0.3, 0.4) is 0 Å². The number of amides is 1. The van der Waals surface area contributed by atoms with Crippen molar-refractivity contribution < 1.29 is 4.79 Å². The maximum absolute atomic E-state index is 11.0. The summed E-state index contributed by atoms with van der Waals surface area (Å²) in [5.74, 6) is 1.46. The van der Waals surface area contributed by atoms with Gasteiger partial charge in [0.2, 0.25) is 11.1 Å². The first-order valence-electron chi connectivity index (χ1n) is 6.14. The molecule has 0 unspecified atom stereocenters. The van der Waals surface area contributed by atoms with Crippen molar-refractivity contribution in [3.05, 3.63) is 35.7 Å². The average Bonchev–Trinajstić information content (AvgIpc) is 2.80. The van der Waals surface area contributed by atoms with Crippen LogP contribution in [0.25, 0.3) is 0 Å². The first kappa shape index (κ1) is 12.9. The summed E-state index contributed by atoms with van der Waals surface area (Å²) in [6.07, 6.45) is 0. The summed E-state index contributed by atoms with van der Waals surface area (Å²) in [4.78, 5) is 11.0. The number of aromatic nitrogens is 3. The first-order valence-corrected chi connectivity index (χ1v) is 7.13. The third kappa shape index (κ3) is 2.44. The van der Waals surface area contributed by atoms with Gasteiger partial charge in [0.05, 0.1) is 5.71 Å². The van der Waals surface area contributed by atoms with Crippen LogP contribution in [-0.2, 0) is 4.79 Å². The van der Waals surface area contributed by atoms with Gasteiger partial charge in [-0.1, -0.05) is 23.9 Å². The monoisotopic (exact) mass is 287 g/mol. The molecule has 0 aliphatic carbocycles. The molecule has 0 atom stereocenters. The van der Waals surface area contributed by atoms with Gasteiger partial charge in [-0.3, -0.25) is 4.79 Å². The van der Waals surface area contributed by atoms with Crippen LogP contribution in [0.1, 0.15) is 18.3 Å². The molecular weight excluding hydrogens is 274 g/mol. The minimum absolute atomic E-state index is 0.0759. The SMILES string of the molecule is CC(=O)Nc1ccc(C2=Nn3c(C)nnc3SC2)cc1. The molecule has 1 aromatic carbocycles. The number of aryl methyl sites for hydroxylation is 1. The van der Waals surface area contributed by atoms with Crippen molar-refractivity contribution in [1.29, 1.82) is 0 Å². The van der Waals surface area contributed by atoms with Crippen LogP contribution in [-0.4, -0.2) is 32.2 Å². The summed E-state index contributed by atoms with van der Waals surface area (Å²) in [7, 11) is 0. The largest absolute Gasteiger partial charge is 0.326 e. The zero-order chi connectivity index (χ0) is 14.1. The lowest BCUT2D eigenvalue weighted by Gasteiger charge is -2.13. The Bertz CT molecular complexity index is 689. The summed E-state index contributed by atoms with van der Waals surface area (Å²) in [5.41, 5.74) is 2.79. The Hall–Kier alpha value is -2.15. The smallest absolute Gasteiger partial charge is 0.221 e. The molecule has 2 aromatic rings. The molecule has 1 aliphatic rings. The van der Waals surface area contributed by atoms with Crippen LogP contribution >= 0.6 is 11.8 Å². The molecule has 0 saturated heterocycles. The Kier molecular flexibility index (Phi) is 3.27. The van der Waals surface area contributed by atoms with Crippen molar-refractivity contribution >= 4 is 29.1 Å². The lowest BCUT2D eigenvalue weighted by atomic mass is 10.1. The first-order chi connectivity index (χ1) is 9.63. The van der Waals surface area contributed by atoms with E-state index in [1.54, 1.807) is 16.4 Å². The highest BCUT2D eigenvalue weighted by molar-refractivity contribution is 7.99. The van der Waals surface area contributed by atoms with E-state index in [4.69, 9.17) is 0 Å². The fourth-order valence-electron chi connectivity index (χ4n) is 1.92. The molecule has 0 spiro atoms. The number of carbonyl (C=O) groups excluding carboxylic acids is 1. The molecule has 6 nitrogen and oxygen atoms in total. The molecule has 0 bridgehead atoms. The van der Waals surface area contributed by atoms with Gasteiger partial charge in [-0.15, -0.1) is 10.2 Å². The molecule has 0 saturated carbocycles. The molecule has 102 valence electrons. The maximum Gasteiger partial charge on any atom is 0.221 e. The highest BCUT2D eigenvalue weighted by atomic mass is 32.2. The summed E-state index contributed by atoms with van der Waals surface area (Å²) in [5, 5.41) is 16.2. The Labute approximate surface area is 120 Å². The van der Waals surface area contributed by atoms with Gasteiger partial charge < -0.3 is 5.32 Å². The van der Waals surface area contributed by atoms with E-state index in [1.807, 2.05) is 31.2 Å². The minimum Gasteiger partial charge on any atom is -0.326 e. The number of benzene rings is 1. The van der Waals surface area contributed by atoms with E-state index < -0.39 is 0 Å². The predicted molar refractivity (Wildman–Crippen MR) is 78.2 cm³/mol. The summed E-state index contributed by atoms with van der Waals surface area (Å²) < 4.78 is 1.76. The van der Waals surface area contributed by atoms with Gasteiger partial charge >= 0.3 is 0 Å². The molecule has 0 fully saturated rings. The van der Waals surface area contributed by atoms with Crippen molar-refractivity contribution in [2.45, 2.75) is 19.0 Å². The zero-order valence-electron chi connectivity index (χ0n) is 11.1. The van der Waals surface area contributed by atoms with E-state index in [1.165, 1.54) is 6.92 Å². The highest BCUT2D eigenvalue weighted by Crippen LogP contribution is 2.24. The standard InChI is InChI=1S/C13H13N5OS/c1-8-15-16-13-18(8)17-12(7-20-13)10-3-5-11(6-4-10)14-9(2)19/h3-6H,7H2,1-2H3,(H,14,19). The fourth-order valence-corrected chi connectivity index (χ4v) is 2.80. The van der Waals surface area contributed by atoms with Crippen molar-refractivity contribution in [1.82, 2.24) is 14.9 Å². The van der Waals surface area contributed by atoms with E-state index in [2.05, 4.69) is 20.6 Å².